The quantitative estimate of drug-likeness (QED) is 0.750. The van der Waals surface area contributed by atoms with Crippen LogP contribution in [-0.2, 0) is 11.2 Å². The van der Waals surface area contributed by atoms with Gasteiger partial charge in [-0.15, -0.1) is 0 Å². The van der Waals surface area contributed by atoms with Gasteiger partial charge in [0.15, 0.2) is 0 Å². The van der Waals surface area contributed by atoms with Gasteiger partial charge in [0, 0.05) is 12.8 Å². The topological polar surface area (TPSA) is 17.1 Å². The molecule has 0 bridgehead atoms. The van der Waals surface area contributed by atoms with Crippen molar-refractivity contribution in [1.82, 2.24) is 0 Å². The Morgan fingerprint density at radius 1 is 1.11 bits per heavy atom. The number of rotatable bonds is 5. The van der Waals surface area contributed by atoms with Gasteiger partial charge in [-0.2, -0.15) is 0 Å². The summed E-state index contributed by atoms with van der Waals surface area (Å²) in [7, 11) is 0. The molecule has 1 unspecified atom stereocenters. The molecule has 2 rings (SSSR count). The Kier molecular flexibility index (Phi) is 4.98. The Morgan fingerprint density at radius 3 is 2.61 bits per heavy atom. The van der Waals surface area contributed by atoms with Gasteiger partial charge in [0.2, 0.25) is 0 Å². The van der Waals surface area contributed by atoms with E-state index in [1.54, 1.807) is 0 Å². The normalized spacial score (nSPS) is 24.2. The summed E-state index contributed by atoms with van der Waals surface area (Å²) in [6, 6.07) is 10.7. The minimum atomic E-state index is 0.490. The Hall–Kier alpha value is -1.11. The fourth-order valence-electron chi connectivity index (χ4n) is 3.23. The zero-order valence-electron chi connectivity index (χ0n) is 11.4. The molecular formula is C17H24O. The van der Waals surface area contributed by atoms with Crippen LogP contribution in [0, 0.1) is 11.8 Å². The first-order valence-electron chi connectivity index (χ1n) is 7.35. The summed E-state index contributed by atoms with van der Waals surface area (Å²) in [4.78, 5) is 11.6. The molecule has 0 aromatic heterocycles. The maximum absolute atomic E-state index is 11.6. The fourth-order valence-corrected chi connectivity index (χ4v) is 3.23. The molecule has 1 nitrogen and oxygen atoms in total. The highest BCUT2D eigenvalue weighted by Gasteiger charge is 2.28. The van der Waals surface area contributed by atoms with Crippen LogP contribution in [0.15, 0.2) is 30.3 Å². The van der Waals surface area contributed by atoms with Crippen LogP contribution >= 0.6 is 0 Å². The molecule has 1 aromatic carbocycles. The van der Waals surface area contributed by atoms with E-state index in [1.807, 2.05) is 0 Å². The van der Waals surface area contributed by atoms with Crippen molar-refractivity contribution in [3.63, 3.8) is 0 Å². The Balaban J connectivity index is 1.88. The second-order valence-corrected chi connectivity index (χ2v) is 5.61. The summed E-state index contributed by atoms with van der Waals surface area (Å²) >= 11 is 0. The molecule has 1 aliphatic rings. The van der Waals surface area contributed by atoms with Gasteiger partial charge < -0.3 is 0 Å². The number of carbonyl (C=O) groups excluding carboxylic acids is 1. The SMILES string of the molecule is CCC[C@@H]1CC(=O)CCC1CCc1ccccc1. The number of hydrogen-bond donors (Lipinski definition) is 0. The van der Waals surface area contributed by atoms with Gasteiger partial charge in [0.1, 0.15) is 5.78 Å². The molecule has 0 radical (unpaired) electrons. The predicted molar refractivity (Wildman–Crippen MR) is 75.5 cm³/mol. The summed E-state index contributed by atoms with van der Waals surface area (Å²) in [5, 5.41) is 0. The Labute approximate surface area is 111 Å². The van der Waals surface area contributed by atoms with E-state index >= 15 is 0 Å². The zero-order valence-corrected chi connectivity index (χ0v) is 11.4. The molecule has 0 spiro atoms. The number of carbonyl (C=O) groups is 1. The van der Waals surface area contributed by atoms with Gasteiger partial charge in [-0.3, -0.25) is 4.79 Å². The highest BCUT2D eigenvalue weighted by Crippen LogP contribution is 2.34. The first-order chi connectivity index (χ1) is 8.79. The van der Waals surface area contributed by atoms with Crippen LogP contribution in [0.1, 0.15) is 51.0 Å². The van der Waals surface area contributed by atoms with E-state index in [0.717, 1.165) is 25.2 Å². The maximum Gasteiger partial charge on any atom is 0.133 e. The Morgan fingerprint density at radius 2 is 1.89 bits per heavy atom. The third kappa shape index (κ3) is 3.69. The lowest BCUT2D eigenvalue weighted by Gasteiger charge is -2.30. The van der Waals surface area contributed by atoms with E-state index in [4.69, 9.17) is 0 Å². The zero-order chi connectivity index (χ0) is 12.8. The standard InChI is InChI=1S/C17H24O/c1-2-6-16-13-17(18)12-11-15(16)10-9-14-7-4-3-5-8-14/h3-5,7-8,15-16H,2,6,9-13H2,1H3/t15?,16-/m1/s1. The van der Waals surface area contributed by atoms with E-state index in [9.17, 15) is 4.79 Å². The second kappa shape index (κ2) is 6.72. The highest BCUT2D eigenvalue weighted by atomic mass is 16.1. The monoisotopic (exact) mass is 244 g/mol. The van der Waals surface area contributed by atoms with Gasteiger partial charge in [-0.05, 0) is 36.7 Å². The van der Waals surface area contributed by atoms with Crippen LogP contribution in [-0.4, -0.2) is 5.78 Å². The van der Waals surface area contributed by atoms with Crippen LogP contribution in [0.25, 0.3) is 0 Å². The van der Waals surface area contributed by atoms with Gasteiger partial charge in [-0.25, -0.2) is 0 Å². The van der Waals surface area contributed by atoms with Gasteiger partial charge in [0.05, 0.1) is 0 Å². The minimum Gasteiger partial charge on any atom is -0.300 e. The summed E-state index contributed by atoms with van der Waals surface area (Å²) in [6.07, 6.45) is 7.64. The molecule has 0 N–H and O–H groups in total. The number of Topliss-reactive ketones (excluding diaryl/α,β-unsaturated/α-hetero) is 1. The first kappa shape index (κ1) is 13.3. The van der Waals surface area contributed by atoms with Crippen molar-refractivity contribution in [2.24, 2.45) is 11.8 Å². The average molecular weight is 244 g/mol. The number of benzene rings is 1. The Bertz CT molecular complexity index is 368. The summed E-state index contributed by atoms with van der Waals surface area (Å²) in [5.41, 5.74) is 1.43. The fraction of sp³-hybridized carbons (Fsp3) is 0.588. The van der Waals surface area contributed by atoms with E-state index < -0.39 is 0 Å². The minimum absolute atomic E-state index is 0.490. The maximum atomic E-state index is 11.6. The number of aryl methyl sites for hydroxylation is 1. The number of hydrogen-bond acceptors (Lipinski definition) is 1. The highest BCUT2D eigenvalue weighted by molar-refractivity contribution is 5.79. The third-order valence-electron chi connectivity index (χ3n) is 4.26. The lowest BCUT2D eigenvalue weighted by Crippen LogP contribution is -2.25. The largest absolute Gasteiger partial charge is 0.300 e. The van der Waals surface area contributed by atoms with E-state index in [0.29, 0.717) is 11.7 Å². The molecule has 0 saturated heterocycles. The molecule has 0 aliphatic heterocycles. The van der Waals surface area contributed by atoms with Crippen LogP contribution < -0.4 is 0 Å². The van der Waals surface area contributed by atoms with Gasteiger partial charge >= 0.3 is 0 Å². The van der Waals surface area contributed by atoms with Crippen molar-refractivity contribution in [2.45, 2.75) is 51.9 Å². The molecule has 0 amide bonds. The summed E-state index contributed by atoms with van der Waals surface area (Å²) in [5.74, 6) is 1.91. The smallest absolute Gasteiger partial charge is 0.133 e. The van der Waals surface area contributed by atoms with Crippen molar-refractivity contribution in [3.05, 3.63) is 35.9 Å². The van der Waals surface area contributed by atoms with Crippen molar-refractivity contribution < 1.29 is 4.79 Å². The second-order valence-electron chi connectivity index (χ2n) is 5.61. The molecule has 1 aliphatic carbocycles. The molecule has 1 heteroatoms. The van der Waals surface area contributed by atoms with Gasteiger partial charge in [0.25, 0.3) is 0 Å². The van der Waals surface area contributed by atoms with E-state index in [-0.39, 0.29) is 0 Å². The van der Waals surface area contributed by atoms with E-state index in [2.05, 4.69) is 37.3 Å². The van der Waals surface area contributed by atoms with Crippen LogP contribution in [0.4, 0.5) is 0 Å². The first-order valence-corrected chi connectivity index (χ1v) is 7.35. The van der Waals surface area contributed by atoms with Crippen molar-refractivity contribution in [1.29, 1.82) is 0 Å². The molecule has 18 heavy (non-hydrogen) atoms. The van der Waals surface area contributed by atoms with E-state index in [1.165, 1.54) is 31.2 Å². The molecule has 1 saturated carbocycles. The molecule has 98 valence electrons. The molecule has 1 aromatic rings. The average Bonchev–Trinajstić information content (AvgIpc) is 2.39. The molecule has 0 heterocycles. The number of ketones is 1. The van der Waals surface area contributed by atoms with Crippen LogP contribution in [0.5, 0.6) is 0 Å². The van der Waals surface area contributed by atoms with Crippen molar-refractivity contribution in [2.75, 3.05) is 0 Å². The van der Waals surface area contributed by atoms with Crippen LogP contribution in [0.3, 0.4) is 0 Å². The molecular weight excluding hydrogens is 220 g/mol. The summed E-state index contributed by atoms with van der Waals surface area (Å²) in [6.45, 7) is 2.23. The lowest BCUT2D eigenvalue weighted by atomic mass is 9.74. The predicted octanol–water partition coefficient (Wildman–Crippen LogP) is 4.40. The lowest BCUT2D eigenvalue weighted by molar-refractivity contribution is -0.122. The van der Waals surface area contributed by atoms with Crippen molar-refractivity contribution in [3.8, 4) is 0 Å². The van der Waals surface area contributed by atoms with Gasteiger partial charge in [-0.1, -0.05) is 50.1 Å². The van der Waals surface area contributed by atoms with Crippen molar-refractivity contribution >= 4 is 5.78 Å². The van der Waals surface area contributed by atoms with Crippen LogP contribution in [0.2, 0.25) is 0 Å². The third-order valence-corrected chi connectivity index (χ3v) is 4.26. The summed E-state index contributed by atoms with van der Waals surface area (Å²) < 4.78 is 0. The molecule has 2 atom stereocenters. The molecule has 1 fully saturated rings.